The van der Waals surface area contributed by atoms with Crippen LogP contribution in [0.1, 0.15) is 33.1 Å². The van der Waals surface area contributed by atoms with Gasteiger partial charge in [0.2, 0.25) is 5.91 Å². The first kappa shape index (κ1) is 13.0. The predicted molar refractivity (Wildman–Crippen MR) is 59.9 cm³/mol. The molecule has 0 aromatic carbocycles. The number of hydrogen-bond acceptors (Lipinski definition) is 4. The highest BCUT2D eigenvalue weighted by molar-refractivity contribution is 5.81. The number of amides is 1. The Labute approximate surface area is 95.9 Å². The van der Waals surface area contributed by atoms with Crippen LogP contribution in [0.25, 0.3) is 0 Å². The molecule has 0 aliphatic heterocycles. The molecule has 5 nitrogen and oxygen atoms in total. The van der Waals surface area contributed by atoms with E-state index in [1.54, 1.807) is 13.8 Å². The van der Waals surface area contributed by atoms with Crippen molar-refractivity contribution < 1.29 is 14.3 Å². The van der Waals surface area contributed by atoms with Crippen LogP contribution in [0.15, 0.2) is 0 Å². The molecule has 16 heavy (non-hydrogen) atoms. The fourth-order valence-electron chi connectivity index (χ4n) is 1.27. The predicted octanol–water partition coefficient (Wildman–Crippen LogP) is 0.196. The first-order chi connectivity index (χ1) is 7.63. The third-order valence-electron chi connectivity index (χ3n) is 2.40. The minimum Gasteiger partial charge on any atom is -0.466 e. The van der Waals surface area contributed by atoms with Crippen molar-refractivity contribution in [3.05, 3.63) is 0 Å². The topological polar surface area (TPSA) is 67.4 Å². The molecule has 1 fully saturated rings. The molecule has 0 aromatic heterocycles. The van der Waals surface area contributed by atoms with Crippen molar-refractivity contribution in [3.63, 3.8) is 0 Å². The molecule has 5 heteroatoms. The molecule has 0 saturated heterocycles. The zero-order chi connectivity index (χ0) is 12.0. The summed E-state index contributed by atoms with van der Waals surface area (Å²) in [6, 6.07) is 0.122. The number of rotatable bonds is 7. The van der Waals surface area contributed by atoms with Crippen molar-refractivity contribution in [2.45, 2.75) is 45.2 Å². The Morgan fingerprint density at radius 2 is 2.12 bits per heavy atom. The molecular formula is C11H20N2O3. The fraction of sp³-hybridized carbons (Fsp3) is 0.818. The van der Waals surface area contributed by atoms with E-state index in [1.165, 1.54) is 0 Å². The minimum atomic E-state index is -0.255. The first-order valence-corrected chi connectivity index (χ1v) is 5.83. The summed E-state index contributed by atoms with van der Waals surface area (Å²) in [6.07, 6.45) is 2.47. The van der Waals surface area contributed by atoms with Crippen LogP contribution < -0.4 is 10.6 Å². The van der Waals surface area contributed by atoms with Gasteiger partial charge < -0.3 is 15.4 Å². The van der Waals surface area contributed by atoms with E-state index in [9.17, 15) is 9.59 Å². The van der Waals surface area contributed by atoms with Crippen LogP contribution in [0.5, 0.6) is 0 Å². The Morgan fingerprint density at radius 1 is 1.44 bits per heavy atom. The third kappa shape index (κ3) is 5.11. The maximum atomic E-state index is 11.5. The second kappa shape index (κ2) is 6.48. The van der Waals surface area contributed by atoms with Gasteiger partial charge in [-0.25, -0.2) is 0 Å². The SMILES string of the molecule is CCOC(=O)CCNC(C)C(=O)NC1CC1. The molecule has 1 unspecified atom stereocenters. The molecule has 1 aliphatic carbocycles. The molecule has 1 saturated carbocycles. The smallest absolute Gasteiger partial charge is 0.307 e. The van der Waals surface area contributed by atoms with Crippen LogP contribution in [0.2, 0.25) is 0 Å². The lowest BCUT2D eigenvalue weighted by atomic mass is 10.3. The van der Waals surface area contributed by atoms with Crippen LogP contribution in [-0.2, 0) is 14.3 Å². The summed E-state index contributed by atoms with van der Waals surface area (Å²) >= 11 is 0. The summed E-state index contributed by atoms with van der Waals surface area (Å²) in [6.45, 7) is 4.44. The minimum absolute atomic E-state index is 0.00589. The Hall–Kier alpha value is -1.10. The molecule has 0 spiro atoms. The highest BCUT2D eigenvalue weighted by Gasteiger charge is 2.25. The lowest BCUT2D eigenvalue weighted by molar-refractivity contribution is -0.143. The molecule has 0 bridgehead atoms. The van der Waals surface area contributed by atoms with E-state index in [1.807, 2.05) is 0 Å². The number of ether oxygens (including phenoxy) is 1. The van der Waals surface area contributed by atoms with E-state index in [2.05, 4.69) is 10.6 Å². The second-order valence-corrected chi connectivity index (χ2v) is 4.01. The lowest BCUT2D eigenvalue weighted by Gasteiger charge is -2.13. The van der Waals surface area contributed by atoms with Crippen LogP contribution in [-0.4, -0.2) is 37.1 Å². The van der Waals surface area contributed by atoms with Crippen molar-refractivity contribution >= 4 is 11.9 Å². The maximum Gasteiger partial charge on any atom is 0.307 e. The third-order valence-corrected chi connectivity index (χ3v) is 2.40. The molecule has 1 amide bonds. The van der Waals surface area contributed by atoms with Gasteiger partial charge in [0, 0.05) is 12.6 Å². The number of carbonyl (C=O) groups is 2. The van der Waals surface area contributed by atoms with Crippen LogP contribution in [0, 0.1) is 0 Å². The van der Waals surface area contributed by atoms with Gasteiger partial charge in [0.05, 0.1) is 19.1 Å². The molecule has 2 N–H and O–H groups in total. The van der Waals surface area contributed by atoms with Crippen molar-refractivity contribution in [2.75, 3.05) is 13.2 Å². The van der Waals surface area contributed by atoms with E-state index >= 15 is 0 Å². The maximum absolute atomic E-state index is 11.5. The normalized spacial score (nSPS) is 16.6. The molecule has 1 aliphatic rings. The van der Waals surface area contributed by atoms with Gasteiger partial charge in [-0.2, -0.15) is 0 Å². The van der Waals surface area contributed by atoms with E-state index in [4.69, 9.17) is 4.74 Å². The zero-order valence-corrected chi connectivity index (χ0v) is 9.91. The highest BCUT2D eigenvalue weighted by Crippen LogP contribution is 2.18. The number of esters is 1. The Bertz CT molecular complexity index is 252. The lowest BCUT2D eigenvalue weighted by Crippen LogP contribution is -2.43. The summed E-state index contributed by atoms with van der Waals surface area (Å²) in [5.41, 5.74) is 0. The molecule has 1 atom stereocenters. The van der Waals surface area contributed by atoms with Crippen LogP contribution in [0.4, 0.5) is 0 Å². The monoisotopic (exact) mass is 228 g/mol. The number of hydrogen-bond donors (Lipinski definition) is 2. The number of carbonyl (C=O) groups excluding carboxylic acids is 2. The Morgan fingerprint density at radius 3 is 2.69 bits per heavy atom. The van der Waals surface area contributed by atoms with Crippen molar-refractivity contribution in [1.82, 2.24) is 10.6 Å². The summed E-state index contributed by atoms with van der Waals surface area (Å²) < 4.78 is 4.78. The van der Waals surface area contributed by atoms with Gasteiger partial charge in [0.25, 0.3) is 0 Å². The van der Waals surface area contributed by atoms with Gasteiger partial charge in [-0.15, -0.1) is 0 Å². The highest BCUT2D eigenvalue weighted by atomic mass is 16.5. The molecule has 92 valence electrons. The summed E-state index contributed by atoms with van der Waals surface area (Å²) in [5.74, 6) is -0.226. The van der Waals surface area contributed by atoms with E-state index < -0.39 is 0 Å². The van der Waals surface area contributed by atoms with Gasteiger partial charge in [-0.3, -0.25) is 9.59 Å². The summed E-state index contributed by atoms with van der Waals surface area (Å²) in [5, 5.41) is 5.89. The van der Waals surface area contributed by atoms with Gasteiger partial charge in [0.15, 0.2) is 0 Å². The molecule has 1 rings (SSSR count). The second-order valence-electron chi connectivity index (χ2n) is 4.01. The Balaban J connectivity index is 2.06. The Kier molecular flexibility index (Phi) is 5.25. The van der Waals surface area contributed by atoms with Crippen molar-refractivity contribution in [1.29, 1.82) is 0 Å². The largest absolute Gasteiger partial charge is 0.466 e. The van der Waals surface area contributed by atoms with Gasteiger partial charge >= 0.3 is 5.97 Å². The number of nitrogens with one attached hydrogen (secondary N) is 2. The average Bonchev–Trinajstić information content (AvgIpc) is 3.01. The quantitative estimate of drug-likeness (QED) is 0.611. The first-order valence-electron chi connectivity index (χ1n) is 5.83. The van der Waals surface area contributed by atoms with Crippen molar-refractivity contribution in [3.8, 4) is 0 Å². The molecule has 0 radical (unpaired) electrons. The van der Waals surface area contributed by atoms with Crippen LogP contribution >= 0.6 is 0 Å². The fourth-order valence-corrected chi connectivity index (χ4v) is 1.27. The zero-order valence-electron chi connectivity index (χ0n) is 9.91. The van der Waals surface area contributed by atoms with E-state index in [0.29, 0.717) is 25.6 Å². The standard InChI is InChI=1S/C11H20N2O3/c1-3-16-10(14)6-7-12-8(2)11(15)13-9-4-5-9/h8-9,12H,3-7H2,1-2H3,(H,13,15). The van der Waals surface area contributed by atoms with Crippen LogP contribution in [0.3, 0.4) is 0 Å². The van der Waals surface area contributed by atoms with Gasteiger partial charge in [-0.1, -0.05) is 0 Å². The summed E-state index contributed by atoms with van der Waals surface area (Å²) in [7, 11) is 0. The van der Waals surface area contributed by atoms with E-state index in [-0.39, 0.29) is 17.9 Å². The molecule has 0 heterocycles. The molecular weight excluding hydrogens is 208 g/mol. The summed E-state index contributed by atoms with van der Waals surface area (Å²) in [4.78, 5) is 22.5. The van der Waals surface area contributed by atoms with Gasteiger partial charge in [0.1, 0.15) is 0 Å². The molecule has 0 aromatic rings. The average molecular weight is 228 g/mol. The van der Waals surface area contributed by atoms with Gasteiger partial charge in [-0.05, 0) is 26.7 Å². The van der Waals surface area contributed by atoms with E-state index in [0.717, 1.165) is 12.8 Å². The van der Waals surface area contributed by atoms with Crippen molar-refractivity contribution in [2.24, 2.45) is 0 Å².